The van der Waals surface area contributed by atoms with Crippen molar-refractivity contribution >= 4 is 0 Å². The van der Waals surface area contributed by atoms with E-state index in [9.17, 15) is 0 Å². The number of aromatic nitrogens is 3. The highest BCUT2D eigenvalue weighted by molar-refractivity contribution is 5.36. The highest BCUT2D eigenvalue weighted by atomic mass is 15.3. The van der Waals surface area contributed by atoms with Gasteiger partial charge in [0, 0.05) is 17.9 Å². The van der Waals surface area contributed by atoms with E-state index in [0.29, 0.717) is 5.92 Å². The van der Waals surface area contributed by atoms with Crippen molar-refractivity contribution in [3.8, 4) is 5.82 Å². The molecule has 2 rings (SSSR count). The molecule has 0 atom stereocenters. The van der Waals surface area contributed by atoms with Crippen molar-refractivity contribution in [2.24, 2.45) is 0 Å². The van der Waals surface area contributed by atoms with Crippen molar-refractivity contribution in [1.82, 2.24) is 20.1 Å². The minimum absolute atomic E-state index is 0.406. The molecule has 2 aromatic rings. The Morgan fingerprint density at radius 1 is 1.19 bits per heavy atom. The van der Waals surface area contributed by atoms with Crippen LogP contribution in [0, 0.1) is 20.8 Å². The van der Waals surface area contributed by atoms with Crippen molar-refractivity contribution in [1.29, 1.82) is 0 Å². The highest BCUT2D eigenvalue weighted by Crippen LogP contribution is 2.20. The monoisotopic (exact) mass is 286 g/mol. The van der Waals surface area contributed by atoms with Crippen LogP contribution in [0.2, 0.25) is 0 Å². The van der Waals surface area contributed by atoms with Gasteiger partial charge in [0.2, 0.25) is 0 Å². The van der Waals surface area contributed by atoms with Crippen LogP contribution in [0.1, 0.15) is 54.9 Å². The van der Waals surface area contributed by atoms with E-state index in [-0.39, 0.29) is 0 Å². The van der Waals surface area contributed by atoms with Crippen LogP contribution >= 0.6 is 0 Å². The molecule has 114 valence electrons. The van der Waals surface area contributed by atoms with E-state index in [0.717, 1.165) is 36.0 Å². The molecule has 2 aromatic heterocycles. The van der Waals surface area contributed by atoms with Gasteiger partial charge in [-0.15, -0.1) is 0 Å². The summed E-state index contributed by atoms with van der Waals surface area (Å²) in [4.78, 5) is 4.80. The Labute approximate surface area is 127 Å². The molecule has 0 spiro atoms. The van der Waals surface area contributed by atoms with Gasteiger partial charge < -0.3 is 5.32 Å². The maximum atomic E-state index is 4.80. The number of hydrogen-bond acceptors (Lipinski definition) is 3. The molecule has 0 bridgehead atoms. The zero-order valence-electron chi connectivity index (χ0n) is 14.0. The SMILES string of the molecule is CCNCc1cc(C(C)C)nc(-n2nc(C)c(C)c2C)c1. The highest BCUT2D eigenvalue weighted by Gasteiger charge is 2.13. The second-order valence-electron chi connectivity index (χ2n) is 5.90. The van der Waals surface area contributed by atoms with Gasteiger partial charge in [0.1, 0.15) is 0 Å². The Kier molecular flexibility index (Phi) is 4.78. The van der Waals surface area contributed by atoms with Gasteiger partial charge in [0.15, 0.2) is 5.82 Å². The van der Waals surface area contributed by atoms with Crippen molar-refractivity contribution in [3.05, 3.63) is 40.3 Å². The maximum absolute atomic E-state index is 4.80. The molecule has 0 aliphatic heterocycles. The average Bonchev–Trinajstić information content (AvgIpc) is 2.72. The molecular formula is C17H26N4. The second-order valence-corrected chi connectivity index (χ2v) is 5.90. The van der Waals surface area contributed by atoms with Crippen LogP contribution in [0.25, 0.3) is 5.82 Å². The molecule has 0 aliphatic rings. The lowest BCUT2D eigenvalue weighted by Crippen LogP contribution is -2.14. The van der Waals surface area contributed by atoms with Crippen LogP contribution in [0.4, 0.5) is 0 Å². The molecular weight excluding hydrogens is 260 g/mol. The number of pyridine rings is 1. The topological polar surface area (TPSA) is 42.7 Å². The number of nitrogens with one attached hydrogen (secondary N) is 1. The Morgan fingerprint density at radius 3 is 2.43 bits per heavy atom. The van der Waals surface area contributed by atoms with E-state index in [1.165, 1.54) is 11.1 Å². The van der Waals surface area contributed by atoms with E-state index in [1.54, 1.807) is 0 Å². The van der Waals surface area contributed by atoms with Crippen LogP contribution in [-0.2, 0) is 6.54 Å². The maximum Gasteiger partial charge on any atom is 0.154 e. The number of hydrogen-bond donors (Lipinski definition) is 1. The molecule has 2 heterocycles. The van der Waals surface area contributed by atoms with Gasteiger partial charge in [0.05, 0.1) is 5.69 Å². The lowest BCUT2D eigenvalue weighted by atomic mass is 10.1. The van der Waals surface area contributed by atoms with Crippen molar-refractivity contribution in [2.45, 2.75) is 54.0 Å². The minimum atomic E-state index is 0.406. The van der Waals surface area contributed by atoms with Crippen molar-refractivity contribution < 1.29 is 0 Å². The Morgan fingerprint density at radius 2 is 1.90 bits per heavy atom. The van der Waals surface area contributed by atoms with Gasteiger partial charge in [0.25, 0.3) is 0 Å². The molecule has 4 nitrogen and oxygen atoms in total. The average molecular weight is 286 g/mol. The zero-order chi connectivity index (χ0) is 15.6. The molecule has 0 unspecified atom stereocenters. The third-order valence-electron chi connectivity index (χ3n) is 3.93. The van der Waals surface area contributed by atoms with Crippen LogP contribution < -0.4 is 5.32 Å². The number of aryl methyl sites for hydroxylation is 1. The first kappa shape index (κ1) is 15.7. The summed E-state index contributed by atoms with van der Waals surface area (Å²) in [7, 11) is 0. The van der Waals surface area contributed by atoms with E-state index >= 15 is 0 Å². The molecule has 0 saturated heterocycles. The van der Waals surface area contributed by atoms with Gasteiger partial charge in [-0.1, -0.05) is 20.8 Å². The summed E-state index contributed by atoms with van der Waals surface area (Å²) in [5.74, 6) is 1.33. The van der Waals surface area contributed by atoms with E-state index in [2.05, 4.69) is 57.2 Å². The minimum Gasteiger partial charge on any atom is -0.313 e. The predicted molar refractivity (Wildman–Crippen MR) is 87.0 cm³/mol. The van der Waals surface area contributed by atoms with Gasteiger partial charge in [-0.2, -0.15) is 5.10 Å². The van der Waals surface area contributed by atoms with Crippen LogP contribution in [0.15, 0.2) is 12.1 Å². The molecule has 0 fully saturated rings. The summed E-state index contributed by atoms with van der Waals surface area (Å²) in [6, 6.07) is 4.32. The Hall–Kier alpha value is -1.68. The lowest BCUT2D eigenvalue weighted by Gasteiger charge is -2.12. The fourth-order valence-corrected chi connectivity index (χ4v) is 2.31. The predicted octanol–water partition coefficient (Wildman–Crippen LogP) is 3.43. The second kappa shape index (κ2) is 6.39. The summed E-state index contributed by atoms with van der Waals surface area (Å²) in [5, 5.41) is 8.02. The molecule has 0 amide bonds. The molecule has 0 radical (unpaired) electrons. The Balaban J connectivity index is 2.51. The Bertz CT molecular complexity index is 626. The van der Waals surface area contributed by atoms with Gasteiger partial charge >= 0.3 is 0 Å². The summed E-state index contributed by atoms with van der Waals surface area (Å²) in [5.41, 5.74) is 5.84. The fraction of sp³-hybridized carbons (Fsp3) is 0.529. The van der Waals surface area contributed by atoms with Crippen LogP contribution in [0.5, 0.6) is 0 Å². The zero-order valence-corrected chi connectivity index (χ0v) is 14.0. The summed E-state index contributed by atoms with van der Waals surface area (Å²) in [6.07, 6.45) is 0. The van der Waals surface area contributed by atoms with E-state index < -0.39 is 0 Å². The largest absolute Gasteiger partial charge is 0.313 e. The van der Waals surface area contributed by atoms with Crippen LogP contribution in [-0.4, -0.2) is 21.3 Å². The third kappa shape index (κ3) is 3.32. The standard InChI is InChI=1S/C17H26N4/c1-7-18-10-15-8-16(11(2)3)19-17(9-15)21-14(6)12(4)13(5)20-21/h8-9,11,18H,7,10H2,1-6H3. The quantitative estimate of drug-likeness (QED) is 0.915. The first-order valence-corrected chi connectivity index (χ1v) is 7.68. The van der Waals surface area contributed by atoms with Gasteiger partial charge in [-0.25, -0.2) is 9.67 Å². The van der Waals surface area contributed by atoms with Crippen LogP contribution in [0.3, 0.4) is 0 Å². The molecule has 21 heavy (non-hydrogen) atoms. The van der Waals surface area contributed by atoms with E-state index in [1.807, 2.05) is 11.6 Å². The molecule has 1 N–H and O–H groups in total. The summed E-state index contributed by atoms with van der Waals surface area (Å²) < 4.78 is 1.96. The normalized spacial score (nSPS) is 11.4. The molecule has 0 aliphatic carbocycles. The fourth-order valence-electron chi connectivity index (χ4n) is 2.31. The smallest absolute Gasteiger partial charge is 0.154 e. The summed E-state index contributed by atoms with van der Waals surface area (Å²) in [6.45, 7) is 14.6. The van der Waals surface area contributed by atoms with Crippen molar-refractivity contribution in [3.63, 3.8) is 0 Å². The number of nitrogens with zero attached hydrogens (tertiary/aromatic N) is 3. The molecule has 4 heteroatoms. The molecule has 0 aromatic carbocycles. The molecule has 0 saturated carbocycles. The lowest BCUT2D eigenvalue weighted by molar-refractivity contribution is 0.712. The van der Waals surface area contributed by atoms with Gasteiger partial charge in [-0.3, -0.25) is 0 Å². The first-order chi connectivity index (χ1) is 9.93. The van der Waals surface area contributed by atoms with E-state index in [4.69, 9.17) is 4.98 Å². The number of rotatable bonds is 5. The summed E-state index contributed by atoms with van der Waals surface area (Å²) >= 11 is 0. The first-order valence-electron chi connectivity index (χ1n) is 7.68. The van der Waals surface area contributed by atoms with Crippen molar-refractivity contribution in [2.75, 3.05) is 6.54 Å². The third-order valence-corrected chi connectivity index (χ3v) is 3.93. The van der Waals surface area contributed by atoms with Gasteiger partial charge in [-0.05, 0) is 56.5 Å².